The monoisotopic (exact) mass is 306 g/mol. The summed E-state index contributed by atoms with van der Waals surface area (Å²) in [5.41, 5.74) is -0.211. The van der Waals surface area contributed by atoms with Crippen molar-refractivity contribution in [1.82, 2.24) is 4.98 Å². The van der Waals surface area contributed by atoms with Gasteiger partial charge in [0.1, 0.15) is 5.82 Å². The van der Waals surface area contributed by atoms with Crippen LogP contribution in [0.15, 0.2) is 47.6 Å². The fraction of sp³-hybridized carbons (Fsp3) is 0.0714. The number of hydrogen-bond acceptors (Lipinski definition) is 4. The van der Waals surface area contributed by atoms with Crippen LogP contribution >= 0.6 is 11.8 Å². The molecule has 2 N–H and O–H groups in total. The second-order valence-corrected chi connectivity index (χ2v) is 5.07. The predicted octanol–water partition coefficient (Wildman–Crippen LogP) is 2.65. The van der Waals surface area contributed by atoms with Crippen molar-refractivity contribution in [2.24, 2.45) is 0 Å². The van der Waals surface area contributed by atoms with Gasteiger partial charge in [-0.25, -0.2) is 9.18 Å². The third-order valence-electron chi connectivity index (χ3n) is 2.50. The van der Waals surface area contributed by atoms with Crippen LogP contribution in [0.4, 0.5) is 10.1 Å². The Morgan fingerprint density at radius 2 is 1.95 bits per heavy atom. The number of carbonyl (C=O) groups is 2. The highest BCUT2D eigenvalue weighted by Gasteiger charge is 2.11. The van der Waals surface area contributed by atoms with Crippen molar-refractivity contribution >= 4 is 29.3 Å². The number of nitrogens with zero attached hydrogens (tertiary/aromatic N) is 1. The molecule has 1 amide bonds. The lowest BCUT2D eigenvalue weighted by molar-refractivity contribution is -0.113. The Morgan fingerprint density at radius 1 is 1.24 bits per heavy atom. The number of benzene rings is 1. The van der Waals surface area contributed by atoms with Gasteiger partial charge in [0.25, 0.3) is 0 Å². The van der Waals surface area contributed by atoms with Crippen LogP contribution in [0.1, 0.15) is 10.4 Å². The zero-order valence-corrected chi connectivity index (χ0v) is 11.6. The second kappa shape index (κ2) is 6.85. The first kappa shape index (κ1) is 15.0. The maximum absolute atomic E-state index is 13.5. The molecule has 21 heavy (non-hydrogen) atoms. The fourth-order valence-corrected chi connectivity index (χ4v) is 2.23. The number of halogens is 1. The molecule has 0 unspecified atom stereocenters. The first-order valence-corrected chi connectivity index (χ1v) is 6.90. The Bertz CT molecular complexity index is 665. The van der Waals surface area contributed by atoms with E-state index in [9.17, 15) is 14.0 Å². The Morgan fingerprint density at radius 3 is 2.57 bits per heavy atom. The van der Waals surface area contributed by atoms with E-state index in [1.54, 1.807) is 24.5 Å². The molecular formula is C14H11FN2O3S. The van der Waals surface area contributed by atoms with E-state index in [1.165, 1.54) is 17.8 Å². The number of nitrogens with one attached hydrogen (secondary N) is 1. The topological polar surface area (TPSA) is 79.3 Å². The Hall–Kier alpha value is -2.41. The van der Waals surface area contributed by atoms with E-state index in [-0.39, 0.29) is 17.3 Å². The number of carboxylic acids is 1. The van der Waals surface area contributed by atoms with E-state index in [0.29, 0.717) is 0 Å². The second-order valence-electron chi connectivity index (χ2n) is 4.02. The molecule has 5 nitrogen and oxygen atoms in total. The molecular weight excluding hydrogens is 295 g/mol. The van der Waals surface area contributed by atoms with Crippen LogP contribution in [0.5, 0.6) is 0 Å². The average Bonchev–Trinajstić information content (AvgIpc) is 2.46. The van der Waals surface area contributed by atoms with Crippen LogP contribution < -0.4 is 5.32 Å². The van der Waals surface area contributed by atoms with Crippen LogP contribution in [0, 0.1) is 5.82 Å². The minimum atomic E-state index is -1.35. The quantitative estimate of drug-likeness (QED) is 0.830. The van der Waals surface area contributed by atoms with Crippen molar-refractivity contribution in [2.75, 3.05) is 11.1 Å². The Labute approximate surface area is 124 Å². The average molecular weight is 306 g/mol. The lowest BCUT2D eigenvalue weighted by Gasteiger charge is -2.06. The maximum Gasteiger partial charge on any atom is 0.338 e. The molecule has 0 bridgehead atoms. The Kier molecular flexibility index (Phi) is 4.89. The van der Waals surface area contributed by atoms with Crippen LogP contribution in [-0.2, 0) is 4.79 Å². The number of rotatable bonds is 5. The minimum Gasteiger partial charge on any atom is -0.478 e. The maximum atomic E-state index is 13.5. The number of hydrogen-bond donors (Lipinski definition) is 2. The molecule has 0 saturated carbocycles. The molecule has 0 aliphatic rings. The van der Waals surface area contributed by atoms with E-state index in [0.717, 1.165) is 17.0 Å². The molecule has 1 heterocycles. The summed E-state index contributed by atoms with van der Waals surface area (Å²) in [6.07, 6.45) is 3.25. The lowest BCUT2D eigenvalue weighted by atomic mass is 10.2. The van der Waals surface area contributed by atoms with Crippen molar-refractivity contribution in [3.63, 3.8) is 0 Å². The van der Waals surface area contributed by atoms with Crippen LogP contribution in [0.25, 0.3) is 0 Å². The van der Waals surface area contributed by atoms with Crippen molar-refractivity contribution in [2.45, 2.75) is 4.90 Å². The molecule has 0 spiro atoms. The van der Waals surface area contributed by atoms with Gasteiger partial charge >= 0.3 is 5.97 Å². The number of thioether (sulfide) groups is 1. The lowest BCUT2D eigenvalue weighted by Crippen LogP contribution is -2.14. The predicted molar refractivity (Wildman–Crippen MR) is 77.0 cm³/mol. The third kappa shape index (κ3) is 4.28. The summed E-state index contributed by atoms with van der Waals surface area (Å²) < 4.78 is 13.5. The highest BCUT2D eigenvalue weighted by atomic mass is 32.2. The smallest absolute Gasteiger partial charge is 0.338 e. The van der Waals surface area contributed by atoms with E-state index in [1.807, 2.05) is 0 Å². The minimum absolute atomic E-state index is 0.159. The van der Waals surface area contributed by atoms with Gasteiger partial charge in [0.05, 0.1) is 11.3 Å². The van der Waals surface area contributed by atoms with Gasteiger partial charge in [-0.2, -0.15) is 0 Å². The number of anilines is 1. The summed E-state index contributed by atoms with van der Waals surface area (Å²) in [6.45, 7) is 0. The fourth-order valence-electron chi connectivity index (χ4n) is 1.55. The number of carboxylic acid groups (broad SMARTS) is 1. The van der Waals surface area contributed by atoms with Gasteiger partial charge in [0.2, 0.25) is 5.91 Å². The number of pyridine rings is 1. The van der Waals surface area contributed by atoms with E-state index < -0.39 is 17.3 Å². The molecule has 108 valence electrons. The summed E-state index contributed by atoms with van der Waals surface area (Å²) in [4.78, 5) is 27.2. The molecule has 0 radical (unpaired) electrons. The van der Waals surface area contributed by atoms with Crippen LogP contribution in [0.3, 0.4) is 0 Å². The molecule has 0 fully saturated rings. The van der Waals surface area contributed by atoms with E-state index in [4.69, 9.17) is 5.11 Å². The van der Waals surface area contributed by atoms with Gasteiger partial charge in [0, 0.05) is 23.0 Å². The SMILES string of the molecule is O=C(CSc1ccncc1)Nc1ccc(C(=O)O)c(F)c1. The van der Waals surface area contributed by atoms with Crippen molar-refractivity contribution in [3.8, 4) is 0 Å². The Balaban J connectivity index is 1.94. The first-order valence-electron chi connectivity index (χ1n) is 5.92. The molecule has 2 rings (SSSR count). The highest BCUT2D eigenvalue weighted by molar-refractivity contribution is 8.00. The zero-order chi connectivity index (χ0) is 15.2. The largest absolute Gasteiger partial charge is 0.478 e. The van der Waals surface area contributed by atoms with Gasteiger partial charge in [-0.3, -0.25) is 9.78 Å². The van der Waals surface area contributed by atoms with E-state index in [2.05, 4.69) is 10.3 Å². The van der Waals surface area contributed by atoms with Gasteiger partial charge < -0.3 is 10.4 Å². The van der Waals surface area contributed by atoms with E-state index >= 15 is 0 Å². The number of amides is 1. The summed E-state index contributed by atoms with van der Waals surface area (Å²) in [5, 5.41) is 11.2. The standard InChI is InChI=1S/C14H11FN2O3S/c15-12-7-9(1-2-11(12)14(19)20)17-13(18)8-21-10-3-5-16-6-4-10/h1-7H,8H2,(H,17,18)(H,19,20). The number of aromatic carboxylic acids is 1. The van der Waals surface area contributed by atoms with Crippen LogP contribution in [-0.4, -0.2) is 27.7 Å². The normalized spacial score (nSPS) is 10.1. The molecule has 7 heteroatoms. The molecule has 0 aliphatic heterocycles. The molecule has 0 saturated heterocycles. The molecule has 2 aromatic rings. The van der Waals surface area contributed by atoms with Gasteiger partial charge in [-0.1, -0.05) is 0 Å². The molecule has 1 aromatic carbocycles. The van der Waals surface area contributed by atoms with Crippen molar-refractivity contribution in [3.05, 3.63) is 54.1 Å². The third-order valence-corrected chi connectivity index (χ3v) is 3.51. The van der Waals surface area contributed by atoms with Gasteiger partial charge in [0.15, 0.2) is 0 Å². The van der Waals surface area contributed by atoms with Gasteiger partial charge in [-0.15, -0.1) is 11.8 Å². The molecule has 1 aromatic heterocycles. The number of carbonyl (C=O) groups excluding carboxylic acids is 1. The van der Waals surface area contributed by atoms with Crippen LogP contribution in [0.2, 0.25) is 0 Å². The van der Waals surface area contributed by atoms with Gasteiger partial charge in [-0.05, 0) is 30.3 Å². The highest BCUT2D eigenvalue weighted by Crippen LogP contribution is 2.18. The number of aromatic nitrogens is 1. The van der Waals surface area contributed by atoms with Crippen molar-refractivity contribution < 1.29 is 19.1 Å². The summed E-state index contributed by atoms with van der Waals surface area (Å²) >= 11 is 1.32. The van der Waals surface area contributed by atoms with Crippen molar-refractivity contribution in [1.29, 1.82) is 0 Å². The summed E-state index contributed by atoms with van der Waals surface area (Å²) in [6, 6.07) is 7.00. The zero-order valence-electron chi connectivity index (χ0n) is 10.7. The summed E-state index contributed by atoms with van der Waals surface area (Å²) in [5.74, 6) is -2.38. The first-order chi connectivity index (χ1) is 10.1. The molecule has 0 aliphatic carbocycles. The summed E-state index contributed by atoms with van der Waals surface area (Å²) in [7, 11) is 0. The molecule has 0 atom stereocenters.